The van der Waals surface area contributed by atoms with Crippen LogP contribution in [0.3, 0.4) is 0 Å². The summed E-state index contributed by atoms with van der Waals surface area (Å²) in [6.07, 6.45) is 2.89. The molecule has 0 aliphatic rings. The predicted octanol–water partition coefficient (Wildman–Crippen LogP) is 6.79. The Kier molecular flexibility index (Phi) is 7.29. The van der Waals surface area contributed by atoms with Crippen LogP contribution < -0.4 is 0 Å². The van der Waals surface area contributed by atoms with Crippen LogP contribution in [0.15, 0.2) is 152 Å². The lowest BCUT2D eigenvalue weighted by Crippen LogP contribution is -2.39. The number of imidazole rings is 1. The molecule has 0 bridgehead atoms. The number of hydrogen-bond donors (Lipinski definition) is 1. The maximum Gasteiger partial charge on any atom is 0.354 e. The fourth-order valence-corrected chi connectivity index (χ4v) is 5.89. The molecule has 0 aliphatic carbocycles. The van der Waals surface area contributed by atoms with Gasteiger partial charge in [0.15, 0.2) is 5.54 Å². The van der Waals surface area contributed by atoms with Gasteiger partial charge in [0.05, 0.1) is 12.5 Å². The molecule has 0 saturated carbocycles. The summed E-state index contributed by atoms with van der Waals surface area (Å²) in [4.78, 5) is 17.2. The first-order valence-corrected chi connectivity index (χ1v) is 14.5. The van der Waals surface area contributed by atoms with Crippen molar-refractivity contribution in [1.82, 2.24) is 29.8 Å². The van der Waals surface area contributed by atoms with Gasteiger partial charge in [-0.15, -0.1) is 15.0 Å². The molecule has 0 atom stereocenters. The van der Waals surface area contributed by atoms with Gasteiger partial charge in [-0.2, -0.15) is 0 Å². The molecule has 2 heterocycles. The number of aromatic nitrogens is 6. The zero-order valence-electron chi connectivity index (χ0n) is 24.2. The third-order valence-electron chi connectivity index (χ3n) is 8.01. The molecule has 0 saturated heterocycles. The number of carboxylic acids is 1. The number of carboxylic acid groups (broad SMARTS) is 1. The highest BCUT2D eigenvalue weighted by Crippen LogP contribution is 2.40. The summed E-state index contributed by atoms with van der Waals surface area (Å²) in [6, 6.07) is 46.8. The van der Waals surface area contributed by atoms with E-state index >= 15 is 0 Å². The normalized spacial score (nSPS) is 11.4. The number of carbonyl (C=O) groups is 1. The largest absolute Gasteiger partial charge is 0.477 e. The summed E-state index contributed by atoms with van der Waals surface area (Å²) in [5, 5.41) is 23.9. The SMILES string of the molecule is O=C(O)c1cncn1Cc1ccc(-c2ccccc2-c2nnn(C(c3ccccc3)(c3ccccc3)c3ccccc3)n2)cc1. The summed E-state index contributed by atoms with van der Waals surface area (Å²) in [6.45, 7) is 0.403. The van der Waals surface area contributed by atoms with E-state index in [0.717, 1.165) is 38.9 Å². The predicted molar refractivity (Wildman–Crippen MR) is 172 cm³/mol. The third-order valence-corrected chi connectivity index (χ3v) is 8.01. The van der Waals surface area contributed by atoms with E-state index in [4.69, 9.17) is 10.3 Å². The molecule has 0 spiro atoms. The van der Waals surface area contributed by atoms with Crippen LogP contribution in [0.4, 0.5) is 0 Å². The first kappa shape index (κ1) is 27.7. The van der Waals surface area contributed by atoms with Crippen LogP contribution in [-0.2, 0) is 12.1 Å². The zero-order chi connectivity index (χ0) is 30.6. The van der Waals surface area contributed by atoms with Crippen molar-refractivity contribution in [2.24, 2.45) is 0 Å². The lowest BCUT2D eigenvalue weighted by Gasteiger charge is -2.34. The Balaban J connectivity index is 1.31. The van der Waals surface area contributed by atoms with E-state index in [-0.39, 0.29) is 5.69 Å². The van der Waals surface area contributed by atoms with Crippen LogP contribution in [-0.4, -0.2) is 40.8 Å². The fourth-order valence-electron chi connectivity index (χ4n) is 5.89. The van der Waals surface area contributed by atoms with Crippen molar-refractivity contribution < 1.29 is 9.90 Å². The van der Waals surface area contributed by atoms with Gasteiger partial charge in [0, 0.05) is 12.1 Å². The highest BCUT2D eigenvalue weighted by atomic mass is 16.4. The van der Waals surface area contributed by atoms with Gasteiger partial charge in [0.2, 0.25) is 5.82 Å². The third kappa shape index (κ3) is 5.08. The van der Waals surface area contributed by atoms with E-state index in [2.05, 4.69) is 46.5 Å². The maximum atomic E-state index is 11.5. The summed E-state index contributed by atoms with van der Waals surface area (Å²) >= 11 is 0. The molecule has 0 fully saturated rings. The smallest absolute Gasteiger partial charge is 0.354 e. The zero-order valence-corrected chi connectivity index (χ0v) is 24.2. The Morgan fingerprint density at radius 1 is 0.667 bits per heavy atom. The van der Waals surface area contributed by atoms with Crippen LogP contribution >= 0.6 is 0 Å². The average Bonchev–Trinajstić information content (AvgIpc) is 3.78. The van der Waals surface area contributed by atoms with E-state index in [1.807, 2.05) is 103 Å². The number of aromatic carboxylic acids is 1. The molecule has 8 nitrogen and oxygen atoms in total. The van der Waals surface area contributed by atoms with Gasteiger partial charge < -0.3 is 9.67 Å². The first-order chi connectivity index (χ1) is 22.1. The second-order valence-corrected chi connectivity index (χ2v) is 10.7. The van der Waals surface area contributed by atoms with Crippen molar-refractivity contribution in [2.45, 2.75) is 12.1 Å². The minimum atomic E-state index is -1.01. The molecule has 0 amide bonds. The molecule has 7 aromatic rings. The number of rotatable bonds is 9. The molecular formula is C37H28N6O2. The minimum absolute atomic E-state index is 0.149. The Bertz CT molecular complexity index is 1960. The Morgan fingerprint density at radius 2 is 1.20 bits per heavy atom. The van der Waals surface area contributed by atoms with Gasteiger partial charge in [-0.05, 0) is 38.6 Å². The molecule has 1 N–H and O–H groups in total. The Hall–Kier alpha value is -6.15. The van der Waals surface area contributed by atoms with Gasteiger partial charge in [0.1, 0.15) is 5.69 Å². The van der Waals surface area contributed by atoms with Gasteiger partial charge in [-0.1, -0.05) is 140 Å². The summed E-state index contributed by atoms with van der Waals surface area (Å²) < 4.78 is 1.62. The van der Waals surface area contributed by atoms with Crippen molar-refractivity contribution >= 4 is 5.97 Å². The molecule has 8 heteroatoms. The molecule has 5 aromatic carbocycles. The molecule has 45 heavy (non-hydrogen) atoms. The van der Waals surface area contributed by atoms with Crippen LogP contribution in [0.5, 0.6) is 0 Å². The van der Waals surface area contributed by atoms with Crippen LogP contribution in [0.2, 0.25) is 0 Å². The second-order valence-electron chi connectivity index (χ2n) is 10.7. The molecule has 0 unspecified atom stereocenters. The highest BCUT2D eigenvalue weighted by Gasteiger charge is 2.41. The lowest BCUT2D eigenvalue weighted by atomic mass is 9.77. The van der Waals surface area contributed by atoms with Crippen molar-refractivity contribution in [3.8, 4) is 22.5 Å². The van der Waals surface area contributed by atoms with Gasteiger partial charge in [0.25, 0.3) is 0 Å². The average molecular weight is 589 g/mol. The summed E-state index contributed by atoms with van der Waals surface area (Å²) in [5.74, 6) is -0.499. The summed E-state index contributed by atoms with van der Waals surface area (Å²) in [5.41, 5.74) is 6.07. The van der Waals surface area contributed by atoms with Crippen LogP contribution in [0.1, 0.15) is 32.7 Å². The number of hydrogen-bond acceptors (Lipinski definition) is 5. The second kappa shape index (κ2) is 11.9. The van der Waals surface area contributed by atoms with Gasteiger partial charge in [-0.3, -0.25) is 0 Å². The molecular weight excluding hydrogens is 560 g/mol. The van der Waals surface area contributed by atoms with E-state index in [9.17, 15) is 9.90 Å². The van der Waals surface area contributed by atoms with Crippen LogP contribution in [0, 0.1) is 0 Å². The number of nitrogens with zero attached hydrogens (tertiary/aromatic N) is 6. The van der Waals surface area contributed by atoms with Crippen molar-refractivity contribution in [3.63, 3.8) is 0 Å². The standard InChI is InChI=1S/C37H28N6O2/c44-36(45)34-24-38-26-42(34)25-27-20-22-28(23-21-27)32-18-10-11-19-33(32)35-39-41-43(40-35)37(29-12-4-1-5-13-29,30-14-6-2-7-15-30)31-16-8-3-9-17-31/h1-24,26H,25H2,(H,44,45). The first-order valence-electron chi connectivity index (χ1n) is 14.5. The molecule has 2 aromatic heterocycles. The molecule has 0 radical (unpaired) electrons. The van der Waals surface area contributed by atoms with Crippen molar-refractivity contribution in [2.75, 3.05) is 0 Å². The Morgan fingerprint density at radius 3 is 1.76 bits per heavy atom. The quantitative estimate of drug-likeness (QED) is 0.187. The summed E-state index contributed by atoms with van der Waals surface area (Å²) in [7, 11) is 0. The lowest BCUT2D eigenvalue weighted by molar-refractivity contribution is 0.0685. The molecule has 0 aliphatic heterocycles. The van der Waals surface area contributed by atoms with Gasteiger partial charge >= 0.3 is 5.97 Å². The van der Waals surface area contributed by atoms with Gasteiger partial charge in [-0.25, -0.2) is 9.78 Å². The van der Waals surface area contributed by atoms with Crippen molar-refractivity contribution in [1.29, 1.82) is 0 Å². The Labute approximate surface area is 259 Å². The number of tetrazole rings is 1. The van der Waals surface area contributed by atoms with Crippen LogP contribution in [0.25, 0.3) is 22.5 Å². The van der Waals surface area contributed by atoms with E-state index < -0.39 is 11.5 Å². The van der Waals surface area contributed by atoms with E-state index in [0.29, 0.717) is 12.4 Å². The highest BCUT2D eigenvalue weighted by molar-refractivity contribution is 5.85. The monoisotopic (exact) mass is 588 g/mol. The molecule has 218 valence electrons. The minimum Gasteiger partial charge on any atom is -0.477 e. The fraction of sp³-hybridized carbons (Fsp3) is 0.0541. The number of benzene rings is 5. The topological polar surface area (TPSA) is 98.7 Å². The van der Waals surface area contributed by atoms with E-state index in [1.165, 1.54) is 12.5 Å². The molecule has 7 rings (SSSR count). The van der Waals surface area contributed by atoms with Crippen molar-refractivity contribution in [3.05, 3.63) is 180 Å². The van der Waals surface area contributed by atoms with E-state index in [1.54, 1.807) is 9.36 Å². The maximum absolute atomic E-state index is 11.5.